The first kappa shape index (κ1) is 17.3. The Kier molecular flexibility index (Phi) is 4.17. The maximum Gasteiger partial charge on any atom is 0.227 e. The summed E-state index contributed by atoms with van der Waals surface area (Å²) in [4.78, 5) is 26.5. The molecule has 0 saturated heterocycles. The molecule has 0 bridgehead atoms. The Morgan fingerprint density at radius 3 is 2.48 bits per heavy atom. The van der Waals surface area contributed by atoms with Gasteiger partial charge in [0.1, 0.15) is 11.3 Å². The monoisotopic (exact) mass is 381 g/mol. The molecule has 2 aromatic carbocycles. The minimum Gasteiger partial charge on any atom is -0.323 e. The average molecular weight is 381 g/mol. The number of pyridine rings is 1. The van der Waals surface area contributed by atoms with Crippen LogP contribution >= 0.6 is 0 Å². The van der Waals surface area contributed by atoms with E-state index in [1.165, 1.54) is 0 Å². The van der Waals surface area contributed by atoms with E-state index < -0.39 is 0 Å². The predicted octanol–water partition coefficient (Wildman–Crippen LogP) is 4.47. The standard InChI is InChI=1S/C23H19N5O/c1-15-7-6-12-20(24-15)27-21(29)13-14-28-19-11-5-2-8-16(19)22-23(28)26-18-10-4-3-9-17(18)25-22/h2-12H,13-14H2,1H3,(H,24,27,29). The van der Waals surface area contributed by atoms with Gasteiger partial charge >= 0.3 is 0 Å². The first-order valence-electron chi connectivity index (χ1n) is 9.56. The number of aryl methyl sites for hydroxylation is 2. The van der Waals surface area contributed by atoms with Crippen molar-refractivity contribution in [1.29, 1.82) is 0 Å². The Hall–Kier alpha value is -3.80. The predicted molar refractivity (Wildman–Crippen MR) is 115 cm³/mol. The maximum absolute atomic E-state index is 12.5. The summed E-state index contributed by atoms with van der Waals surface area (Å²) in [6, 6.07) is 21.5. The molecular weight excluding hydrogens is 362 g/mol. The van der Waals surface area contributed by atoms with Crippen LogP contribution in [0.1, 0.15) is 12.1 Å². The van der Waals surface area contributed by atoms with E-state index in [1.807, 2.05) is 67.6 Å². The van der Waals surface area contributed by atoms with Crippen LogP contribution in [0, 0.1) is 6.92 Å². The molecule has 29 heavy (non-hydrogen) atoms. The Balaban J connectivity index is 1.51. The molecule has 0 saturated carbocycles. The minimum atomic E-state index is -0.0808. The van der Waals surface area contributed by atoms with Crippen LogP contribution in [0.4, 0.5) is 5.82 Å². The van der Waals surface area contributed by atoms with Crippen molar-refractivity contribution in [2.75, 3.05) is 5.32 Å². The quantitative estimate of drug-likeness (QED) is 0.498. The number of hydrogen-bond acceptors (Lipinski definition) is 4. The molecular formula is C23H19N5O. The van der Waals surface area contributed by atoms with Crippen molar-refractivity contribution in [1.82, 2.24) is 19.5 Å². The molecule has 0 aliphatic carbocycles. The molecule has 0 spiro atoms. The summed E-state index contributed by atoms with van der Waals surface area (Å²) in [6.07, 6.45) is 0.317. The minimum absolute atomic E-state index is 0.0808. The molecule has 1 amide bonds. The topological polar surface area (TPSA) is 72.7 Å². The SMILES string of the molecule is Cc1cccc(NC(=O)CCn2c3ccccc3c3nc4ccccc4nc32)n1. The Morgan fingerprint density at radius 1 is 0.897 bits per heavy atom. The highest BCUT2D eigenvalue weighted by Crippen LogP contribution is 2.28. The summed E-state index contributed by atoms with van der Waals surface area (Å²) in [5.74, 6) is 0.491. The molecule has 0 radical (unpaired) electrons. The second-order valence-corrected chi connectivity index (χ2v) is 7.02. The third-order valence-corrected chi connectivity index (χ3v) is 4.98. The van der Waals surface area contributed by atoms with Crippen LogP contribution in [0.3, 0.4) is 0 Å². The lowest BCUT2D eigenvalue weighted by Crippen LogP contribution is -2.15. The number of nitrogens with zero attached hydrogens (tertiary/aromatic N) is 4. The number of rotatable bonds is 4. The summed E-state index contributed by atoms with van der Waals surface area (Å²) in [5.41, 5.74) is 5.27. The highest BCUT2D eigenvalue weighted by Gasteiger charge is 2.15. The first-order valence-corrected chi connectivity index (χ1v) is 9.56. The van der Waals surface area contributed by atoms with Crippen molar-refractivity contribution in [3.05, 3.63) is 72.4 Å². The van der Waals surface area contributed by atoms with Gasteiger partial charge in [0.25, 0.3) is 0 Å². The van der Waals surface area contributed by atoms with Crippen LogP contribution < -0.4 is 5.32 Å². The van der Waals surface area contributed by atoms with Gasteiger partial charge < -0.3 is 9.88 Å². The van der Waals surface area contributed by atoms with Gasteiger partial charge in [0.2, 0.25) is 5.91 Å². The highest BCUT2D eigenvalue weighted by atomic mass is 16.1. The maximum atomic E-state index is 12.5. The van der Waals surface area contributed by atoms with Gasteiger partial charge in [-0.05, 0) is 37.3 Å². The Bertz CT molecular complexity index is 1370. The molecule has 0 fully saturated rings. The van der Waals surface area contributed by atoms with E-state index in [-0.39, 0.29) is 5.91 Å². The molecule has 0 aliphatic rings. The number of anilines is 1. The fraction of sp³-hybridized carbons (Fsp3) is 0.130. The summed E-state index contributed by atoms with van der Waals surface area (Å²) < 4.78 is 2.08. The number of fused-ring (bicyclic) bond motifs is 4. The fourth-order valence-electron chi connectivity index (χ4n) is 3.64. The second kappa shape index (κ2) is 6.98. The largest absolute Gasteiger partial charge is 0.323 e. The van der Waals surface area contributed by atoms with Crippen LogP contribution in [0.2, 0.25) is 0 Å². The van der Waals surface area contributed by atoms with E-state index in [1.54, 1.807) is 6.07 Å². The third kappa shape index (κ3) is 3.18. The van der Waals surface area contributed by atoms with Crippen molar-refractivity contribution >= 4 is 44.8 Å². The third-order valence-electron chi connectivity index (χ3n) is 4.98. The Labute approximate surface area is 167 Å². The normalized spacial score (nSPS) is 11.3. The van der Waals surface area contributed by atoms with Crippen molar-refractivity contribution in [2.24, 2.45) is 0 Å². The van der Waals surface area contributed by atoms with Crippen LogP contribution in [-0.2, 0) is 11.3 Å². The van der Waals surface area contributed by atoms with Gasteiger partial charge in [-0.25, -0.2) is 15.0 Å². The first-order chi connectivity index (χ1) is 14.2. The molecule has 1 N–H and O–H groups in total. The van der Waals surface area contributed by atoms with Crippen LogP contribution in [-0.4, -0.2) is 25.4 Å². The summed E-state index contributed by atoms with van der Waals surface area (Å²) in [5, 5.41) is 3.91. The molecule has 6 heteroatoms. The van der Waals surface area contributed by atoms with Crippen molar-refractivity contribution in [3.8, 4) is 0 Å². The van der Waals surface area contributed by atoms with Gasteiger partial charge in [-0.15, -0.1) is 0 Å². The number of hydrogen-bond donors (Lipinski definition) is 1. The van der Waals surface area contributed by atoms with Gasteiger partial charge in [-0.3, -0.25) is 4.79 Å². The molecule has 5 aromatic rings. The zero-order valence-corrected chi connectivity index (χ0v) is 16.0. The van der Waals surface area contributed by atoms with E-state index in [0.717, 1.165) is 38.8 Å². The molecule has 6 nitrogen and oxygen atoms in total. The van der Waals surface area contributed by atoms with E-state index in [2.05, 4.69) is 14.9 Å². The lowest BCUT2D eigenvalue weighted by molar-refractivity contribution is -0.116. The van der Waals surface area contributed by atoms with Crippen LogP contribution in [0.15, 0.2) is 66.7 Å². The summed E-state index contributed by atoms with van der Waals surface area (Å²) in [7, 11) is 0. The van der Waals surface area contributed by atoms with Gasteiger partial charge in [0.15, 0.2) is 5.65 Å². The van der Waals surface area contributed by atoms with E-state index in [0.29, 0.717) is 18.8 Å². The number of benzene rings is 2. The summed E-state index contributed by atoms with van der Waals surface area (Å²) >= 11 is 0. The van der Waals surface area contributed by atoms with E-state index in [4.69, 9.17) is 9.97 Å². The molecule has 3 aromatic heterocycles. The second-order valence-electron chi connectivity index (χ2n) is 7.02. The number of aromatic nitrogens is 4. The molecule has 0 atom stereocenters. The van der Waals surface area contributed by atoms with Crippen LogP contribution in [0.25, 0.3) is 33.1 Å². The van der Waals surface area contributed by atoms with Gasteiger partial charge in [0.05, 0.1) is 16.6 Å². The van der Waals surface area contributed by atoms with Gasteiger partial charge in [-0.1, -0.05) is 36.4 Å². The number of amides is 1. The lowest BCUT2D eigenvalue weighted by Gasteiger charge is -2.08. The zero-order valence-electron chi connectivity index (χ0n) is 16.0. The lowest BCUT2D eigenvalue weighted by atomic mass is 10.2. The summed E-state index contributed by atoms with van der Waals surface area (Å²) in [6.45, 7) is 2.41. The van der Waals surface area contributed by atoms with E-state index in [9.17, 15) is 4.79 Å². The number of nitrogens with one attached hydrogen (secondary N) is 1. The van der Waals surface area contributed by atoms with Gasteiger partial charge in [0, 0.05) is 24.0 Å². The molecule has 3 heterocycles. The van der Waals surface area contributed by atoms with Crippen molar-refractivity contribution in [3.63, 3.8) is 0 Å². The molecule has 0 aliphatic heterocycles. The smallest absolute Gasteiger partial charge is 0.227 e. The van der Waals surface area contributed by atoms with Gasteiger partial charge in [-0.2, -0.15) is 0 Å². The number of carbonyl (C=O) groups is 1. The highest BCUT2D eigenvalue weighted by molar-refractivity contribution is 6.06. The zero-order chi connectivity index (χ0) is 19.8. The van der Waals surface area contributed by atoms with Crippen molar-refractivity contribution < 1.29 is 4.79 Å². The number of carbonyl (C=O) groups excluding carboxylic acids is 1. The number of para-hydroxylation sites is 3. The van der Waals surface area contributed by atoms with E-state index >= 15 is 0 Å². The van der Waals surface area contributed by atoms with Crippen molar-refractivity contribution in [2.45, 2.75) is 19.9 Å². The fourth-order valence-corrected chi connectivity index (χ4v) is 3.64. The molecule has 5 rings (SSSR count). The average Bonchev–Trinajstić information content (AvgIpc) is 3.03. The molecule has 0 unspecified atom stereocenters. The Morgan fingerprint density at radius 2 is 1.66 bits per heavy atom. The molecule has 142 valence electrons. The van der Waals surface area contributed by atoms with Crippen LogP contribution in [0.5, 0.6) is 0 Å².